The van der Waals surface area contributed by atoms with Gasteiger partial charge in [-0.25, -0.2) is 0 Å². The summed E-state index contributed by atoms with van der Waals surface area (Å²) in [5.74, 6) is 0. The first-order valence-electron chi connectivity index (χ1n) is 13.0. The van der Waals surface area contributed by atoms with Crippen molar-refractivity contribution in [3.05, 3.63) is 10.6 Å². The molecule has 4 nitrogen and oxygen atoms in total. The van der Waals surface area contributed by atoms with Crippen molar-refractivity contribution >= 4 is 0 Å². The van der Waals surface area contributed by atoms with Crippen molar-refractivity contribution in [1.82, 2.24) is 0 Å². The minimum absolute atomic E-state index is 0.148. The molecular weight excluding hydrogens is 464 g/mol. The van der Waals surface area contributed by atoms with Crippen molar-refractivity contribution in [2.45, 2.75) is 145 Å². The van der Waals surface area contributed by atoms with Crippen molar-refractivity contribution in [3.63, 3.8) is 0 Å². The summed E-state index contributed by atoms with van der Waals surface area (Å²) < 4.78 is 9.34. The Morgan fingerprint density at radius 1 is 0.516 bits per heavy atom. The third-order valence-electron chi connectivity index (χ3n) is 4.99. The van der Waals surface area contributed by atoms with Crippen LogP contribution < -0.4 is 0 Å². The number of rotatable bonds is 16. The van der Waals surface area contributed by atoms with Gasteiger partial charge in [-0.3, -0.25) is 0 Å². The van der Waals surface area contributed by atoms with Gasteiger partial charge in [0, 0.05) is 0 Å². The molecule has 0 aliphatic carbocycles. The van der Waals surface area contributed by atoms with Gasteiger partial charge in [0.05, 0.1) is 0 Å². The topological polar surface area (TPSA) is 52.9 Å². The summed E-state index contributed by atoms with van der Waals surface area (Å²) >= 11 is -0.492. The zero-order chi connectivity index (χ0) is 24.4. The summed E-state index contributed by atoms with van der Waals surface area (Å²) in [6, 6.07) is 0. The summed E-state index contributed by atoms with van der Waals surface area (Å²) in [6.07, 6.45) is 12.4. The van der Waals surface area contributed by atoms with Gasteiger partial charge in [0.1, 0.15) is 0 Å². The van der Waals surface area contributed by atoms with E-state index in [1.54, 1.807) is 0 Å². The van der Waals surface area contributed by atoms with E-state index >= 15 is 0 Å². The van der Waals surface area contributed by atoms with Crippen LogP contribution >= 0.6 is 0 Å². The van der Waals surface area contributed by atoms with Crippen molar-refractivity contribution in [2.75, 3.05) is 26.2 Å². The van der Waals surface area contributed by atoms with E-state index in [0.29, 0.717) is 0 Å². The van der Waals surface area contributed by atoms with E-state index in [4.69, 9.17) is 0 Å². The average Bonchev–Trinajstić information content (AvgIpc) is 2.74. The second-order valence-electron chi connectivity index (χ2n) is 9.35. The molecule has 0 N–H and O–H groups in total. The van der Waals surface area contributed by atoms with Gasteiger partial charge >= 0.3 is 90.7 Å². The maximum Gasteiger partial charge on any atom is -0.0578 e. The molecule has 0 saturated heterocycles. The molecule has 0 spiro atoms. The van der Waals surface area contributed by atoms with Gasteiger partial charge in [0.15, 0.2) is 0 Å². The fourth-order valence-electron chi connectivity index (χ4n) is 1.67. The van der Waals surface area contributed by atoms with Crippen molar-refractivity contribution in [3.8, 4) is 0 Å². The fourth-order valence-corrected chi connectivity index (χ4v) is 3.50. The van der Waals surface area contributed by atoms with E-state index in [1.807, 2.05) is 0 Å². The predicted molar refractivity (Wildman–Crippen MR) is 139 cm³/mol. The molecule has 5 heteroatoms. The Labute approximate surface area is 206 Å². The molecule has 31 heavy (non-hydrogen) atoms. The third-order valence-corrected chi connectivity index (χ3v) is 7.82. The minimum Gasteiger partial charge on any atom is -0.662 e. The third kappa shape index (κ3) is 35.0. The first-order chi connectivity index (χ1) is 14.7. The van der Waals surface area contributed by atoms with Crippen molar-refractivity contribution in [1.29, 1.82) is 0 Å². The summed E-state index contributed by atoms with van der Waals surface area (Å²) in [6.45, 7) is 26.2. The molecule has 0 fully saturated rings. The molecule has 0 aromatic rings. The summed E-state index contributed by atoms with van der Waals surface area (Å²) in [5.41, 5.74) is 0.297. The Kier molecular flexibility index (Phi) is 30.5. The Morgan fingerprint density at radius 3 is 0.968 bits per heavy atom. The molecule has 0 heterocycles. The van der Waals surface area contributed by atoms with E-state index < -0.39 is 18.2 Å². The fraction of sp³-hybridized carbons (Fsp3) is 1.00. The smallest absolute Gasteiger partial charge is 0.0578 e. The van der Waals surface area contributed by atoms with Crippen LogP contribution in [0.25, 0.3) is 10.6 Å². The van der Waals surface area contributed by atoms with E-state index in [-0.39, 0.29) is 11.1 Å². The summed E-state index contributed by atoms with van der Waals surface area (Å²) in [5, 5.41) is 8.70. The van der Waals surface area contributed by atoms with Crippen LogP contribution in [0.15, 0.2) is 6.99 Å². The Balaban J connectivity index is -0.000000390. The molecule has 0 aliphatic heterocycles. The summed E-state index contributed by atoms with van der Waals surface area (Å²) in [7, 11) is 0. The van der Waals surface area contributed by atoms with Gasteiger partial charge < -0.3 is 10.6 Å². The van der Waals surface area contributed by atoms with Crippen LogP contribution in [-0.2, 0) is 18.2 Å². The van der Waals surface area contributed by atoms with Crippen LogP contribution in [0.4, 0.5) is 0 Å². The number of unbranched alkanes of at least 4 members (excludes halogenated alkanes) is 4. The normalized spacial score (nSPS) is 10.9. The maximum atomic E-state index is 4.67. The second kappa shape index (κ2) is 26.5. The van der Waals surface area contributed by atoms with E-state index in [2.05, 4.69) is 86.9 Å². The molecule has 0 radical (unpaired) electrons. The molecular formula is C26H58MoN4. The van der Waals surface area contributed by atoms with E-state index in [0.717, 1.165) is 39.0 Å². The molecule has 0 saturated carbocycles. The first-order valence-corrected chi connectivity index (χ1v) is 14.8. The quantitative estimate of drug-likeness (QED) is 0.143. The van der Waals surface area contributed by atoms with Crippen molar-refractivity contribution in [2.24, 2.45) is 6.99 Å². The molecule has 0 aromatic carbocycles. The summed E-state index contributed by atoms with van der Waals surface area (Å²) in [4.78, 5) is 0. The minimum atomic E-state index is -0.492. The van der Waals surface area contributed by atoms with Crippen LogP contribution in [0.3, 0.4) is 0 Å². The molecule has 0 bridgehead atoms. The number of hydrogen-bond acceptors (Lipinski definition) is 2. The molecule has 188 valence electrons. The molecule has 0 atom stereocenters. The monoisotopic (exact) mass is 524 g/mol. The van der Waals surface area contributed by atoms with Crippen LogP contribution in [0.1, 0.15) is 133 Å². The van der Waals surface area contributed by atoms with E-state index in [1.165, 1.54) is 51.4 Å². The van der Waals surface area contributed by atoms with Gasteiger partial charge in [-0.15, -0.1) is 26.2 Å². The molecule has 0 aliphatic rings. The Bertz CT molecular complexity index is 356. The van der Waals surface area contributed by atoms with Gasteiger partial charge in [-0.2, -0.15) is 0 Å². The van der Waals surface area contributed by atoms with Gasteiger partial charge in [-0.05, 0) is 0 Å². The van der Waals surface area contributed by atoms with Crippen molar-refractivity contribution < 1.29 is 18.2 Å². The zero-order valence-electron chi connectivity index (χ0n) is 23.1. The molecule has 0 rings (SSSR count). The Hall–Kier alpha value is 0.208. The van der Waals surface area contributed by atoms with E-state index in [9.17, 15) is 0 Å². The maximum absolute atomic E-state index is 4.67. The largest absolute Gasteiger partial charge is 0.662 e. The first kappa shape index (κ1) is 35.8. The zero-order valence-corrected chi connectivity index (χ0v) is 25.1. The molecule has 0 aromatic heterocycles. The number of nitrogens with zero attached hydrogens (tertiary/aromatic N) is 4. The molecule has 0 amide bonds. The van der Waals surface area contributed by atoms with Crippen LogP contribution in [-0.4, -0.2) is 37.3 Å². The standard InChI is InChI=1S/2C8H18N.2C5H11N.Mo/c2*1-3-5-7-9-8-6-4-2;2*1-4-5(2,3)6;/h2*3-8H2,1-2H3;2*4H2,1-3H3;/q2*-1;;;+2. The SMILES string of the molecule is CCC(C)(C)[N]=[Mo+2]=[N]C(C)(C)CC.CCCC[N-]CCCC.CCCC[N-]CCCC. The molecule has 0 unspecified atom stereocenters. The van der Waals surface area contributed by atoms with Gasteiger partial charge in [0.2, 0.25) is 0 Å². The van der Waals surface area contributed by atoms with Crippen LogP contribution in [0.5, 0.6) is 0 Å². The van der Waals surface area contributed by atoms with Gasteiger partial charge in [-0.1, -0.05) is 79.1 Å². The predicted octanol–water partition coefficient (Wildman–Crippen LogP) is 9.73. The average molecular weight is 523 g/mol. The van der Waals surface area contributed by atoms with Crippen LogP contribution in [0.2, 0.25) is 0 Å². The Morgan fingerprint density at radius 2 is 0.774 bits per heavy atom. The van der Waals surface area contributed by atoms with Crippen LogP contribution in [0, 0.1) is 0 Å². The van der Waals surface area contributed by atoms with Gasteiger partial charge in [0.25, 0.3) is 0 Å². The number of hydrogen-bond donors (Lipinski definition) is 0. The second-order valence-corrected chi connectivity index (χ2v) is 10.7.